The first-order valence-electron chi connectivity index (χ1n) is 5.83. The van der Waals surface area contributed by atoms with E-state index in [9.17, 15) is 9.59 Å². The van der Waals surface area contributed by atoms with Crippen molar-refractivity contribution in [2.75, 3.05) is 25.0 Å². The average Bonchev–Trinajstić information content (AvgIpc) is 2.38. The number of anilines is 1. The molecule has 0 aliphatic carbocycles. The lowest BCUT2D eigenvalue weighted by molar-refractivity contribution is 0.152. The summed E-state index contributed by atoms with van der Waals surface area (Å²) in [7, 11) is 0. The van der Waals surface area contributed by atoms with E-state index in [0.717, 1.165) is 0 Å². The van der Waals surface area contributed by atoms with Crippen LogP contribution >= 0.6 is 11.6 Å². The second-order valence-corrected chi connectivity index (χ2v) is 3.97. The van der Waals surface area contributed by atoms with E-state index >= 15 is 0 Å². The fourth-order valence-electron chi connectivity index (χ4n) is 1.23. The van der Waals surface area contributed by atoms with E-state index < -0.39 is 6.09 Å². The second kappa shape index (κ2) is 8.20. The summed E-state index contributed by atoms with van der Waals surface area (Å²) >= 11 is 5.73. The highest BCUT2D eigenvalue weighted by Crippen LogP contribution is 2.12. The molecule has 0 unspecified atom stereocenters. The van der Waals surface area contributed by atoms with Crippen LogP contribution in [-0.4, -0.2) is 31.8 Å². The summed E-state index contributed by atoms with van der Waals surface area (Å²) in [6.45, 7) is 2.64. The molecular weight excluding hydrogens is 270 g/mol. The molecule has 0 aromatic heterocycles. The van der Waals surface area contributed by atoms with E-state index in [1.165, 1.54) is 0 Å². The Balaban J connectivity index is 2.18. The summed E-state index contributed by atoms with van der Waals surface area (Å²) in [5.41, 5.74) is 0.639. The quantitative estimate of drug-likeness (QED) is 0.726. The van der Waals surface area contributed by atoms with Crippen LogP contribution in [0.15, 0.2) is 24.3 Å². The third-order valence-corrected chi connectivity index (χ3v) is 2.31. The van der Waals surface area contributed by atoms with Crippen molar-refractivity contribution in [1.29, 1.82) is 0 Å². The third kappa shape index (κ3) is 6.52. The van der Waals surface area contributed by atoms with Crippen LogP contribution in [0.3, 0.4) is 0 Å². The van der Waals surface area contributed by atoms with Crippen LogP contribution in [-0.2, 0) is 4.74 Å². The van der Waals surface area contributed by atoms with Gasteiger partial charge in [0.25, 0.3) is 0 Å². The molecule has 19 heavy (non-hydrogen) atoms. The summed E-state index contributed by atoms with van der Waals surface area (Å²) in [6.07, 6.45) is -0.498. The maximum absolute atomic E-state index is 11.5. The Labute approximate surface area is 116 Å². The largest absolute Gasteiger partial charge is 0.450 e. The number of ether oxygens (including phenoxy) is 1. The zero-order chi connectivity index (χ0) is 14.1. The van der Waals surface area contributed by atoms with E-state index in [2.05, 4.69) is 20.7 Å². The molecule has 0 aliphatic heterocycles. The minimum absolute atomic E-state index is 0.298. The normalized spacial score (nSPS) is 9.58. The number of nitrogens with one attached hydrogen (secondary N) is 3. The lowest BCUT2D eigenvalue weighted by atomic mass is 10.3. The maximum Gasteiger partial charge on any atom is 0.407 e. The van der Waals surface area contributed by atoms with Crippen LogP contribution in [0.1, 0.15) is 6.92 Å². The van der Waals surface area contributed by atoms with Crippen molar-refractivity contribution in [3.05, 3.63) is 29.3 Å². The molecule has 1 aromatic rings. The molecule has 1 rings (SSSR count). The first-order valence-corrected chi connectivity index (χ1v) is 6.20. The number of amides is 3. The number of rotatable bonds is 5. The molecule has 0 aliphatic rings. The van der Waals surface area contributed by atoms with Gasteiger partial charge in [0.1, 0.15) is 0 Å². The van der Waals surface area contributed by atoms with Gasteiger partial charge in [0.15, 0.2) is 0 Å². The van der Waals surface area contributed by atoms with Crippen molar-refractivity contribution in [1.82, 2.24) is 10.6 Å². The van der Waals surface area contributed by atoms with Gasteiger partial charge in [-0.1, -0.05) is 11.6 Å². The molecule has 0 saturated heterocycles. The molecule has 0 atom stereocenters. The van der Waals surface area contributed by atoms with Crippen LogP contribution in [0.5, 0.6) is 0 Å². The van der Waals surface area contributed by atoms with Gasteiger partial charge >= 0.3 is 12.1 Å². The SMILES string of the molecule is CCOC(=O)NCCNC(=O)Nc1ccc(Cl)cc1. The molecule has 0 heterocycles. The summed E-state index contributed by atoms with van der Waals surface area (Å²) < 4.78 is 4.66. The second-order valence-electron chi connectivity index (χ2n) is 3.54. The van der Waals surface area contributed by atoms with Crippen LogP contribution in [0, 0.1) is 0 Å². The van der Waals surface area contributed by atoms with Gasteiger partial charge in [-0.25, -0.2) is 9.59 Å². The fraction of sp³-hybridized carbons (Fsp3) is 0.333. The average molecular weight is 286 g/mol. The zero-order valence-electron chi connectivity index (χ0n) is 10.5. The molecule has 0 spiro atoms. The van der Waals surface area contributed by atoms with Gasteiger partial charge in [0.05, 0.1) is 6.61 Å². The van der Waals surface area contributed by atoms with Crippen LogP contribution in [0.4, 0.5) is 15.3 Å². The molecule has 0 radical (unpaired) electrons. The first kappa shape index (κ1) is 15.1. The molecule has 0 fully saturated rings. The Morgan fingerprint density at radius 1 is 1.16 bits per heavy atom. The van der Waals surface area contributed by atoms with Gasteiger partial charge in [-0.3, -0.25) is 0 Å². The van der Waals surface area contributed by atoms with E-state index in [-0.39, 0.29) is 6.03 Å². The molecule has 7 heteroatoms. The predicted molar refractivity (Wildman–Crippen MR) is 73.5 cm³/mol. The number of halogens is 1. The fourth-order valence-corrected chi connectivity index (χ4v) is 1.36. The minimum atomic E-state index is -0.498. The van der Waals surface area contributed by atoms with Gasteiger partial charge in [-0.05, 0) is 31.2 Å². The van der Waals surface area contributed by atoms with Crippen molar-refractivity contribution >= 4 is 29.4 Å². The highest BCUT2D eigenvalue weighted by atomic mass is 35.5. The summed E-state index contributed by atoms with van der Waals surface area (Å²) in [5.74, 6) is 0. The smallest absolute Gasteiger partial charge is 0.407 e. The monoisotopic (exact) mass is 285 g/mol. The molecule has 104 valence electrons. The number of urea groups is 1. The van der Waals surface area contributed by atoms with Gasteiger partial charge in [-0.2, -0.15) is 0 Å². The van der Waals surface area contributed by atoms with E-state index in [0.29, 0.717) is 30.4 Å². The van der Waals surface area contributed by atoms with Gasteiger partial charge in [-0.15, -0.1) is 0 Å². The molecule has 3 amide bonds. The lowest BCUT2D eigenvalue weighted by Gasteiger charge is -2.08. The lowest BCUT2D eigenvalue weighted by Crippen LogP contribution is -2.37. The molecule has 0 saturated carbocycles. The van der Waals surface area contributed by atoms with E-state index in [1.807, 2.05) is 0 Å². The van der Waals surface area contributed by atoms with Crippen molar-refractivity contribution in [2.24, 2.45) is 0 Å². The number of hydrogen-bond donors (Lipinski definition) is 3. The minimum Gasteiger partial charge on any atom is -0.450 e. The van der Waals surface area contributed by atoms with E-state index in [1.54, 1.807) is 31.2 Å². The number of carbonyl (C=O) groups excluding carboxylic acids is 2. The number of carbonyl (C=O) groups is 2. The number of hydrogen-bond acceptors (Lipinski definition) is 3. The topological polar surface area (TPSA) is 79.5 Å². The standard InChI is InChI=1S/C12H16ClN3O3/c1-2-19-12(18)15-8-7-14-11(17)16-10-5-3-9(13)4-6-10/h3-6H,2,7-8H2,1H3,(H,15,18)(H2,14,16,17). The Hall–Kier alpha value is -1.95. The number of benzene rings is 1. The van der Waals surface area contributed by atoms with Gasteiger partial charge in [0.2, 0.25) is 0 Å². The highest BCUT2D eigenvalue weighted by Gasteiger charge is 2.02. The predicted octanol–water partition coefficient (Wildman–Crippen LogP) is 2.21. The van der Waals surface area contributed by atoms with Crippen LogP contribution < -0.4 is 16.0 Å². The number of alkyl carbamates (subject to hydrolysis) is 1. The molecule has 0 bridgehead atoms. The van der Waals surface area contributed by atoms with E-state index in [4.69, 9.17) is 11.6 Å². The molecular formula is C12H16ClN3O3. The van der Waals surface area contributed by atoms with Crippen molar-refractivity contribution in [3.63, 3.8) is 0 Å². The van der Waals surface area contributed by atoms with Crippen LogP contribution in [0.2, 0.25) is 5.02 Å². The Morgan fingerprint density at radius 2 is 1.79 bits per heavy atom. The summed E-state index contributed by atoms with van der Waals surface area (Å²) in [6, 6.07) is 6.39. The van der Waals surface area contributed by atoms with Crippen molar-refractivity contribution in [2.45, 2.75) is 6.92 Å². The maximum atomic E-state index is 11.5. The van der Waals surface area contributed by atoms with Crippen molar-refractivity contribution in [3.8, 4) is 0 Å². The Morgan fingerprint density at radius 3 is 2.42 bits per heavy atom. The third-order valence-electron chi connectivity index (χ3n) is 2.06. The Kier molecular flexibility index (Phi) is 6.52. The molecule has 6 nitrogen and oxygen atoms in total. The van der Waals surface area contributed by atoms with Crippen LogP contribution in [0.25, 0.3) is 0 Å². The van der Waals surface area contributed by atoms with Gasteiger partial charge in [0, 0.05) is 23.8 Å². The Bertz CT molecular complexity index is 423. The zero-order valence-corrected chi connectivity index (χ0v) is 11.3. The van der Waals surface area contributed by atoms with Crippen molar-refractivity contribution < 1.29 is 14.3 Å². The molecule has 1 aromatic carbocycles. The summed E-state index contributed by atoms with van der Waals surface area (Å²) in [5, 5.41) is 8.31. The first-order chi connectivity index (χ1) is 9.11. The molecule has 3 N–H and O–H groups in total. The highest BCUT2D eigenvalue weighted by molar-refractivity contribution is 6.30. The van der Waals surface area contributed by atoms with Gasteiger partial charge < -0.3 is 20.7 Å². The summed E-state index contributed by atoms with van der Waals surface area (Å²) in [4.78, 5) is 22.4.